The van der Waals surface area contributed by atoms with Crippen molar-refractivity contribution in [2.45, 2.75) is 31.7 Å². The lowest BCUT2D eigenvalue weighted by Gasteiger charge is -2.33. The number of aryl methyl sites for hydroxylation is 1. The number of nitrogens with zero attached hydrogens (tertiary/aromatic N) is 2. The molecule has 2 aliphatic heterocycles. The minimum Gasteiger partial charge on any atom is -0.497 e. The molecule has 0 aromatic heterocycles. The van der Waals surface area contributed by atoms with Gasteiger partial charge in [0.1, 0.15) is 5.75 Å². The van der Waals surface area contributed by atoms with Gasteiger partial charge in [0.15, 0.2) is 4.87 Å². The topological polar surface area (TPSA) is 49.9 Å². The summed E-state index contributed by atoms with van der Waals surface area (Å²) >= 11 is 1.57. The maximum atomic E-state index is 13.8. The molecule has 5 nitrogen and oxygen atoms in total. The third-order valence-corrected chi connectivity index (χ3v) is 6.85. The van der Waals surface area contributed by atoms with Crippen LogP contribution in [0, 0.1) is 6.92 Å². The van der Waals surface area contributed by atoms with Crippen LogP contribution in [0.5, 0.6) is 5.75 Å². The van der Waals surface area contributed by atoms with Gasteiger partial charge in [0.05, 0.1) is 19.3 Å². The molecule has 1 saturated heterocycles. The van der Waals surface area contributed by atoms with Crippen molar-refractivity contribution in [1.29, 1.82) is 0 Å². The Kier molecular flexibility index (Phi) is 4.83. The van der Waals surface area contributed by atoms with Crippen molar-refractivity contribution >= 4 is 29.3 Å². The van der Waals surface area contributed by atoms with E-state index in [-0.39, 0.29) is 11.8 Å². The van der Waals surface area contributed by atoms with E-state index in [0.717, 1.165) is 33.9 Å². The van der Waals surface area contributed by atoms with Gasteiger partial charge in [0.25, 0.3) is 5.91 Å². The molecule has 0 saturated carbocycles. The molecule has 4 rings (SSSR count). The summed E-state index contributed by atoms with van der Waals surface area (Å²) in [6.07, 6.45) is 0.395. The standard InChI is InChI=1S/C22H24N2O3S/c1-4-20(25)24-10-11-28-22(24)18-12-15(2)8-9-19(18)23(21(22)26)14-16-6-5-7-17(13-16)27-3/h5-9,12-13H,4,10-11,14H2,1-3H3. The highest BCUT2D eigenvalue weighted by molar-refractivity contribution is 8.01. The van der Waals surface area contributed by atoms with Crippen LogP contribution in [-0.2, 0) is 21.0 Å². The van der Waals surface area contributed by atoms with E-state index in [1.807, 2.05) is 55.1 Å². The molecule has 2 aromatic rings. The van der Waals surface area contributed by atoms with E-state index in [2.05, 4.69) is 6.07 Å². The van der Waals surface area contributed by atoms with Gasteiger partial charge >= 0.3 is 0 Å². The molecule has 6 heteroatoms. The van der Waals surface area contributed by atoms with Crippen molar-refractivity contribution < 1.29 is 14.3 Å². The lowest BCUT2D eigenvalue weighted by Crippen LogP contribution is -2.50. The quantitative estimate of drug-likeness (QED) is 0.791. The molecular weight excluding hydrogens is 372 g/mol. The Morgan fingerprint density at radius 1 is 1.25 bits per heavy atom. The van der Waals surface area contributed by atoms with Crippen LogP contribution in [0.3, 0.4) is 0 Å². The SMILES string of the molecule is CCC(=O)N1CCSC12C(=O)N(Cc1cccc(OC)c1)c1ccc(C)cc12. The van der Waals surface area contributed by atoms with E-state index in [4.69, 9.17) is 4.74 Å². The first-order chi connectivity index (χ1) is 13.5. The van der Waals surface area contributed by atoms with Crippen molar-refractivity contribution in [3.8, 4) is 5.75 Å². The zero-order valence-electron chi connectivity index (χ0n) is 16.4. The number of hydrogen-bond acceptors (Lipinski definition) is 4. The first kappa shape index (κ1) is 18.9. The first-order valence-corrected chi connectivity index (χ1v) is 10.5. The summed E-state index contributed by atoms with van der Waals surface area (Å²) in [5, 5.41) is 0. The number of fused-ring (bicyclic) bond motifs is 2. The summed E-state index contributed by atoms with van der Waals surface area (Å²) in [4.78, 5) is 29.1. The van der Waals surface area contributed by atoms with E-state index in [9.17, 15) is 9.59 Å². The Hall–Kier alpha value is -2.47. The summed E-state index contributed by atoms with van der Waals surface area (Å²) in [5.74, 6) is 1.52. The van der Waals surface area contributed by atoms with Crippen LogP contribution in [-0.4, -0.2) is 36.1 Å². The fourth-order valence-corrected chi connectivity index (χ4v) is 5.56. The van der Waals surface area contributed by atoms with Gasteiger partial charge in [-0.05, 0) is 30.7 Å². The van der Waals surface area contributed by atoms with Gasteiger partial charge in [-0.2, -0.15) is 0 Å². The van der Waals surface area contributed by atoms with Crippen LogP contribution >= 0.6 is 11.8 Å². The number of ether oxygens (including phenoxy) is 1. The van der Waals surface area contributed by atoms with Crippen LogP contribution in [0.2, 0.25) is 0 Å². The molecule has 0 N–H and O–H groups in total. The van der Waals surface area contributed by atoms with Gasteiger partial charge in [-0.15, -0.1) is 11.8 Å². The predicted molar refractivity (Wildman–Crippen MR) is 112 cm³/mol. The Bertz CT molecular complexity index is 945. The largest absolute Gasteiger partial charge is 0.497 e. The minimum absolute atomic E-state index is 0.0223. The number of methoxy groups -OCH3 is 1. The highest BCUT2D eigenvalue weighted by Gasteiger charge is 2.59. The number of anilines is 1. The maximum Gasteiger partial charge on any atom is 0.268 e. The third-order valence-electron chi connectivity index (χ3n) is 5.43. The zero-order chi connectivity index (χ0) is 19.9. The Morgan fingerprint density at radius 2 is 2.07 bits per heavy atom. The minimum atomic E-state index is -0.937. The third kappa shape index (κ3) is 2.78. The van der Waals surface area contributed by atoms with E-state index in [1.165, 1.54) is 0 Å². The second kappa shape index (κ2) is 7.17. The molecule has 1 spiro atoms. The van der Waals surface area contributed by atoms with Crippen LogP contribution in [0.15, 0.2) is 42.5 Å². The molecule has 1 fully saturated rings. The van der Waals surface area contributed by atoms with Crippen LogP contribution < -0.4 is 9.64 Å². The van der Waals surface area contributed by atoms with E-state index in [0.29, 0.717) is 19.5 Å². The van der Waals surface area contributed by atoms with Crippen LogP contribution in [0.25, 0.3) is 0 Å². The Morgan fingerprint density at radius 3 is 2.82 bits per heavy atom. The van der Waals surface area contributed by atoms with Gasteiger partial charge in [-0.1, -0.05) is 36.8 Å². The normalized spacial score (nSPS) is 20.8. The molecule has 146 valence electrons. The number of benzene rings is 2. The van der Waals surface area contributed by atoms with Gasteiger partial charge in [-0.25, -0.2) is 0 Å². The average molecular weight is 397 g/mol. The smallest absolute Gasteiger partial charge is 0.268 e. The fraction of sp³-hybridized carbons (Fsp3) is 0.364. The summed E-state index contributed by atoms with van der Waals surface area (Å²) < 4.78 is 5.33. The molecule has 2 aromatic carbocycles. The monoisotopic (exact) mass is 396 g/mol. The Balaban J connectivity index is 1.80. The second-order valence-electron chi connectivity index (χ2n) is 7.15. The highest BCUT2D eigenvalue weighted by Crippen LogP contribution is 2.54. The molecule has 28 heavy (non-hydrogen) atoms. The summed E-state index contributed by atoms with van der Waals surface area (Å²) in [7, 11) is 1.64. The second-order valence-corrected chi connectivity index (χ2v) is 8.44. The number of carbonyl (C=O) groups is 2. The fourth-order valence-electron chi connectivity index (χ4n) is 4.09. The lowest BCUT2D eigenvalue weighted by molar-refractivity contribution is -0.139. The maximum absolute atomic E-state index is 13.8. The molecular formula is C22H24N2O3S. The predicted octanol–water partition coefficient (Wildman–Crippen LogP) is 3.69. The van der Waals surface area contributed by atoms with E-state index < -0.39 is 4.87 Å². The van der Waals surface area contributed by atoms with Crippen molar-refractivity contribution in [2.75, 3.05) is 24.3 Å². The highest BCUT2D eigenvalue weighted by atomic mass is 32.2. The van der Waals surface area contributed by atoms with E-state index in [1.54, 1.807) is 23.8 Å². The van der Waals surface area contributed by atoms with Crippen molar-refractivity contribution in [2.24, 2.45) is 0 Å². The number of thioether (sulfide) groups is 1. The van der Waals surface area contributed by atoms with Crippen LogP contribution in [0.1, 0.15) is 30.0 Å². The molecule has 2 aliphatic rings. The zero-order valence-corrected chi connectivity index (χ0v) is 17.2. The number of amides is 2. The van der Waals surface area contributed by atoms with Gasteiger partial charge in [0.2, 0.25) is 5.91 Å². The lowest BCUT2D eigenvalue weighted by atomic mass is 10.0. The molecule has 0 bridgehead atoms. The van der Waals surface area contributed by atoms with Gasteiger partial charge < -0.3 is 14.5 Å². The molecule has 2 heterocycles. The molecule has 2 amide bonds. The molecule has 1 atom stereocenters. The number of carbonyl (C=O) groups excluding carboxylic acids is 2. The van der Waals surface area contributed by atoms with Gasteiger partial charge in [-0.3, -0.25) is 9.59 Å². The van der Waals surface area contributed by atoms with Crippen LogP contribution in [0.4, 0.5) is 5.69 Å². The molecule has 1 unspecified atom stereocenters. The summed E-state index contributed by atoms with van der Waals surface area (Å²) in [5.41, 5.74) is 3.91. The molecule has 0 radical (unpaired) electrons. The average Bonchev–Trinajstić information content (AvgIpc) is 3.25. The summed E-state index contributed by atoms with van der Waals surface area (Å²) in [6.45, 7) is 4.92. The first-order valence-electron chi connectivity index (χ1n) is 9.51. The number of hydrogen-bond donors (Lipinski definition) is 0. The summed E-state index contributed by atoms with van der Waals surface area (Å²) in [6, 6.07) is 13.8. The Labute approximate surface area is 169 Å². The van der Waals surface area contributed by atoms with E-state index >= 15 is 0 Å². The molecule has 0 aliphatic carbocycles. The van der Waals surface area contributed by atoms with Crippen molar-refractivity contribution in [1.82, 2.24) is 4.90 Å². The number of rotatable bonds is 4. The van der Waals surface area contributed by atoms with Crippen molar-refractivity contribution in [3.05, 3.63) is 59.2 Å². The van der Waals surface area contributed by atoms with Gasteiger partial charge in [0, 0.05) is 24.3 Å². The van der Waals surface area contributed by atoms with Crippen molar-refractivity contribution in [3.63, 3.8) is 0 Å².